The van der Waals surface area contributed by atoms with Crippen molar-refractivity contribution in [3.05, 3.63) is 59.7 Å². The summed E-state index contributed by atoms with van der Waals surface area (Å²) in [5, 5.41) is 9.00. The molecule has 0 bridgehead atoms. The van der Waals surface area contributed by atoms with Crippen LogP contribution < -0.4 is 4.72 Å². The maximum atomic E-state index is 12.3. The number of anilines is 1. The second kappa shape index (κ2) is 5.98. The number of nitriles is 1. The van der Waals surface area contributed by atoms with E-state index in [9.17, 15) is 8.42 Å². The first kappa shape index (κ1) is 15.1. The van der Waals surface area contributed by atoms with Gasteiger partial charge in [0.15, 0.2) is 0 Å². The van der Waals surface area contributed by atoms with Crippen LogP contribution in [0.15, 0.2) is 53.4 Å². The van der Waals surface area contributed by atoms with Crippen LogP contribution in [0.1, 0.15) is 30.9 Å². The molecule has 0 aliphatic rings. The molecule has 0 heterocycles. The van der Waals surface area contributed by atoms with Gasteiger partial charge in [0.25, 0.3) is 10.0 Å². The number of nitrogens with one attached hydrogen (secondary N) is 1. The molecule has 2 aromatic rings. The SMILES string of the molecule is CC(C)c1ccc(S(=O)(=O)Nc2ccccc2C#N)cc1. The summed E-state index contributed by atoms with van der Waals surface area (Å²) in [4.78, 5) is 0.180. The van der Waals surface area contributed by atoms with Crippen molar-refractivity contribution in [3.63, 3.8) is 0 Å². The van der Waals surface area contributed by atoms with Crippen molar-refractivity contribution in [2.45, 2.75) is 24.7 Å². The van der Waals surface area contributed by atoms with Crippen LogP contribution in [-0.2, 0) is 10.0 Å². The summed E-state index contributed by atoms with van der Waals surface area (Å²) in [7, 11) is -3.69. The molecule has 0 saturated carbocycles. The molecule has 0 radical (unpaired) electrons. The quantitative estimate of drug-likeness (QED) is 0.939. The third kappa shape index (κ3) is 3.41. The van der Waals surface area contributed by atoms with Crippen LogP contribution in [-0.4, -0.2) is 8.42 Å². The molecular weight excluding hydrogens is 284 g/mol. The summed E-state index contributed by atoms with van der Waals surface area (Å²) < 4.78 is 27.1. The predicted octanol–water partition coefficient (Wildman–Crippen LogP) is 3.48. The lowest BCUT2D eigenvalue weighted by molar-refractivity contribution is 0.601. The van der Waals surface area contributed by atoms with Crippen molar-refractivity contribution < 1.29 is 8.42 Å². The van der Waals surface area contributed by atoms with Crippen LogP contribution in [0.4, 0.5) is 5.69 Å². The van der Waals surface area contributed by atoms with Crippen molar-refractivity contribution in [1.29, 1.82) is 5.26 Å². The molecule has 5 heteroatoms. The van der Waals surface area contributed by atoms with Crippen LogP contribution in [0, 0.1) is 11.3 Å². The zero-order valence-electron chi connectivity index (χ0n) is 11.9. The second-order valence-corrected chi connectivity index (χ2v) is 6.67. The molecule has 0 aromatic heterocycles. The lowest BCUT2D eigenvalue weighted by atomic mass is 10.0. The summed E-state index contributed by atoms with van der Waals surface area (Å²) in [6.07, 6.45) is 0. The van der Waals surface area contributed by atoms with Gasteiger partial charge in [-0.2, -0.15) is 5.26 Å². The lowest BCUT2D eigenvalue weighted by Crippen LogP contribution is -2.13. The van der Waals surface area contributed by atoms with E-state index < -0.39 is 10.0 Å². The monoisotopic (exact) mass is 300 g/mol. The zero-order valence-corrected chi connectivity index (χ0v) is 12.7. The van der Waals surface area contributed by atoms with Crippen molar-refractivity contribution in [2.75, 3.05) is 4.72 Å². The molecule has 0 aliphatic carbocycles. The first-order valence-electron chi connectivity index (χ1n) is 6.56. The highest BCUT2D eigenvalue weighted by Gasteiger charge is 2.16. The molecule has 0 aliphatic heterocycles. The van der Waals surface area contributed by atoms with Crippen molar-refractivity contribution >= 4 is 15.7 Å². The topological polar surface area (TPSA) is 70.0 Å². The van der Waals surface area contributed by atoms with Crippen molar-refractivity contribution in [2.24, 2.45) is 0 Å². The van der Waals surface area contributed by atoms with Gasteiger partial charge in [0.2, 0.25) is 0 Å². The maximum absolute atomic E-state index is 12.3. The zero-order chi connectivity index (χ0) is 15.5. The number of sulfonamides is 1. The van der Waals surface area contributed by atoms with Crippen LogP contribution in [0.2, 0.25) is 0 Å². The molecule has 0 spiro atoms. The minimum atomic E-state index is -3.69. The maximum Gasteiger partial charge on any atom is 0.261 e. The fourth-order valence-corrected chi connectivity index (χ4v) is 2.98. The highest BCUT2D eigenvalue weighted by Crippen LogP contribution is 2.21. The number of benzene rings is 2. The third-order valence-corrected chi connectivity index (χ3v) is 4.53. The Morgan fingerprint density at radius 1 is 1.05 bits per heavy atom. The molecule has 0 fully saturated rings. The fraction of sp³-hybridized carbons (Fsp3) is 0.188. The minimum Gasteiger partial charge on any atom is -0.278 e. The van der Waals surface area contributed by atoms with E-state index in [1.165, 1.54) is 0 Å². The molecule has 0 atom stereocenters. The van der Waals surface area contributed by atoms with Gasteiger partial charge >= 0.3 is 0 Å². The summed E-state index contributed by atoms with van der Waals surface area (Å²) >= 11 is 0. The smallest absolute Gasteiger partial charge is 0.261 e. The Hall–Kier alpha value is -2.32. The van der Waals surface area contributed by atoms with E-state index >= 15 is 0 Å². The molecule has 2 aromatic carbocycles. The summed E-state index contributed by atoms with van der Waals surface area (Å²) in [6.45, 7) is 4.09. The highest BCUT2D eigenvalue weighted by molar-refractivity contribution is 7.92. The molecule has 2 rings (SSSR count). The Balaban J connectivity index is 2.32. The predicted molar refractivity (Wildman–Crippen MR) is 82.5 cm³/mol. The largest absolute Gasteiger partial charge is 0.278 e. The molecule has 0 amide bonds. The van der Waals surface area contributed by atoms with Gasteiger partial charge in [0, 0.05) is 0 Å². The molecular formula is C16H16N2O2S. The average Bonchev–Trinajstić information content (AvgIpc) is 2.47. The van der Waals surface area contributed by atoms with Gasteiger partial charge in [-0.15, -0.1) is 0 Å². The molecule has 0 saturated heterocycles. The van der Waals surface area contributed by atoms with E-state index in [2.05, 4.69) is 4.72 Å². The standard InChI is InChI=1S/C16H16N2O2S/c1-12(2)13-7-9-15(10-8-13)21(19,20)18-16-6-4-3-5-14(16)11-17/h3-10,12,18H,1-2H3. The molecule has 108 valence electrons. The normalized spacial score (nSPS) is 11.1. The Morgan fingerprint density at radius 3 is 2.24 bits per heavy atom. The fourth-order valence-electron chi connectivity index (χ4n) is 1.91. The number of hydrogen-bond donors (Lipinski definition) is 1. The Bertz CT molecular complexity index is 773. The molecule has 0 unspecified atom stereocenters. The van der Waals surface area contributed by atoms with E-state index in [1.54, 1.807) is 48.5 Å². The first-order valence-corrected chi connectivity index (χ1v) is 8.04. The third-order valence-electron chi connectivity index (χ3n) is 3.15. The van der Waals surface area contributed by atoms with E-state index in [1.807, 2.05) is 19.9 Å². The molecule has 21 heavy (non-hydrogen) atoms. The Labute approximate surface area is 125 Å². The van der Waals surface area contributed by atoms with E-state index in [4.69, 9.17) is 5.26 Å². The lowest BCUT2D eigenvalue weighted by Gasteiger charge is -2.10. The number of rotatable bonds is 4. The van der Waals surface area contributed by atoms with Gasteiger partial charge in [0.1, 0.15) is 6.07 Å². The van der Waals surface area contributed by atoms with Gasteiger partial charge < -0.3 is 0 Å². The Kier molecular flexibility index (Phi) is 4.29. The van der Waals surface area contributed by atoms with Gasteiger partial charge in [-0.25, -0.2) is 8.42 Å². The van der Waals surface area contributed by atoms with Gasteiger partial charge in [-0.1, -0.05) is 38.1 Å². The summed E-state index contributed by atoms with van der Waals surface area (Å²) in [5.41, 5.74) is 1.65. The first-order chi connectivity index (χ1) is 9.94. The molecule has 4 nitrogen and oxygen atoms in total. The van der Waals surface area contributed by atoms with Gasteiger partial charge in [-0.05, 0) is 35.7 Å². The van der Waals surface area contributed by atoms with E-state index in [0.717, 1.165) is 5.56 Å². The van der Waals surface area contributed by atoms with Crippen LogP contribution >= 0.6 is 0 Å². The number of hydrogen-bond acceptors (Lipinski definition) is 3. The summed E-state index contributed by atoms with van der Waals surface area (Å²) in [6, 6.07) is 15.2. The molecule has 1 N–H and O–H groups in total. The number of para-hydroxylation sites is 1. The van der Waals surface area contributed by atoms with Crippen molar-refractivity contribution in [3.8, 4) is 6.07 Å². The van der Waals surface area contributed by atoms with Gasteiger partial charge in [0.05, 0.1) is 16.1 Å². The summed E-state index contributed by atoms with van der Waals surface area (Å²) in [5.74, 6) is 0.342. The minimum absolute atomic E-state index is 0.180. The van der Waals surface area contributed by atoms with Crippen LogP contribution in [0.3, 0.4) is 0 Å². The highest BCUT2D eigenvalue weighted by atomic mass is 32.2. The number of nitrogens with zero attached hydrogens (tertiary/aromatic N) is 1. The van der Waals surface area contributed by atoms with Gasteiger partial charge in [-0.3, -0.25) is 4.72 Å². The van der Waals surface area contributed by atoms with Crippen molar-refractivity contribution in [1.82, 2.24) is 0 Å². The van der Waals surface area contributed by atoms with Crippen LogP contribution in [0.25, 0.3) is 0 Å². The van der Waals surface area contributed by atoms with Crippen LogP contribution in [0.5, 0.6) is 0 Å². The van der Waals surface area contributed by atoms with E-state index in [0.29, 0.717) is 11.5 Å². The second-order valence-electron chi connectivity index (χ2n) is 4.99. The van der Waals surface area contributed by atoms with E-state index in [-0.39, 0.29) is 10.6 Å². The Morgan fingerprint density at radius 2 is 1.67 bits per heavy atom. The average molecular weight is 300 g/mol.